The van der Waals surface area contributed by atoms with Crippen LogP contribution in [0.4, 0.5) is 16.5 Å². The highest BCUT2D eigenvalue weighted by molar-refractivity contribution is 7.22. The molecule has 1 aliphatic rings. The van der Waals surface area contributed by atoms with E-state index < -0.39 is 27.1 Å². The van der Waals surface area contributed by atoms with E-state index in [1.54, 1.807) is 25.3 Å². The number of thiazole rings is 1. The summed E-state index contributed by atoms with van der Waals surface area (Å²) in [5, 5.41) is 23.0. The number of nitro benzene ring substituents is 2. The molecule has 0 N–H and O–H groups in total. The van der Waals surface area contributed by atoms with Crippen molar-refractivity contribution in [3.8, 4) is 5.75 Å². The number of benzene rings is 2. The van der Waals surface area contributed by atoms with E-state index in [0.717, 1.165) is 22.9 Å². The third kappa shape index (κ3) is 5.11. The number of morpholine rings is 1. The van der Waals surface area contributed by atoms with Crippen LogP contribution in [-0.2, 0) is 4.74 Å². The number of fused-ring (bicyclic) bond motifs is 1. The molecule has 3 aromatic rings. The minimum absolute atomic E-state index is 0.153. The van der Waals surface area contributed by atoms with E-state index in [9.17, 15) is 25.0 Å². The Morgan fingerprint density at radius 3 is 2.44 bits per heavy atom. The van der Waals surface area contributed by atoms with Gasteiger partial charge in [0.2, 0.25) is 0 Å². The van der Waals surface area contributed by atoms with Crippen LogP contribution >= 0.6 is 11.3 Å². The molecule has 1 aromatic heterocycles. The van der Waals surface area contributed by atoms with Crippen molar-refractivity contribution in [2.75, 3.05) is 51.4 Å². The lowest BCUT2D eigenvalue weighted by atomic mass is 10.1. The molecular weight excluding hydrogens is 466 g/mol. The van der Waals surface area contributed by atoms with Crippen molar-refractivity contribution < 1.29 is 24.1 Å². The van der Waals surface area contributed by atoms with E-state index in [4.69, 9.17) is 9.47 Å². The zero-order valence-corrected chi connectivity index (χ0v) is 19.0. The number of anilines is 1. The largest absolute Gasteiger partial charge is 0.497 e. The van der Waals surface area contributed by atoms with E-state index in [1.165, 1.54) is 16.2 Å². The summed E-state index contributed by atoms with van der Waals surface area (Å²) >= 11 is 1.27. The molecule has 1 amide bonds. The van der Waals surface area contributed by atoms with Gasteiger partial charge in [0.15, 0.2) is 5.13 Å². The van der Waals surface area contributed by atoms with Crippen molar-refractivity contribution in [2.24, 2.45) is 0 Å². The number of non-ortho nitro benzene ring substituents is 2. The average Bonchev–Trinajstić information content (AvgIpc) is 3.27. The van der Waals surface area contributed by atoms with E-state index in [-0.39, 0.29) is 12.1 Å². The minimum Gasteiger partial charge on any atom is -0.497 e. The van der Waals surface area contributed by atoms with Gasteiger partial charge in [-0.3, -0.25) is 34.8 Å². The Kier molecular flexibility index (Phi) is 6.95. The van der Waals surface area contributed by atoms with Crippen LogP contribution in [0.15, 0.2) is 36.4 Å². The molecule has 12 nitrogen and oxygen atoms in total. The molecule has 2 heterocycles. The minimum atomic E-state index is -0.758. The Morgan fingerprint density at radius 1 is 1.15 bits per heavy atom. The highest BCUT2D eigenvalue weighted by Gasteiger charge is 2.27. The van der Waals surface area contributed by atoms with Crippen LogP contribution in [0.3, 0.4) is 0 Å². The normalized spacial score (nSPS) is 14.1. The molecular formula is C21H21N5O7S. The molecule has 0 aliphatic carbocycles. The highest BCUT2D eigenvalue weighted by atomic mass is 32.1. The van der Waals surface area contributed by atoms with Crippen LogP contribution in [0.1, 0.15) is 10.4 Å². The fraction of sp³-hybridized carbons (Fsp3) is 0.333. The summed E-state index contributed by atoms with van der Waals surface area (Å²) < 4.78 is 11.4. The van der Waals surface area contributed by atoms with Crippen LogP contribution < -0.4 is 9.64 Å². The molecule has 0 saturated carbocycles. The Bertz CT molecular complexity index is 1210. The maximum absolute atomic E-state index is 13.5. The van der Waals surface area contributed by atoms with Gasteiger partial charge in [-0.05, 0) is 18.2 Å². The number of ether oxygens (including phenoxy) is 2. The number of carbonyl (C=O) groups is 1. The van der Waals surface area contributed by atoms with Crippen LogP contribution in [0.5, 0.6) is 5.75 Å². The monoisotopic (exact) mass is 487 g/mol. The van der Waals surface area contributed by atoms with Crippen molar-refractivity contribution in [1.29, 1.82) is 0 Å². The topological polar surface area (TPSA) is 141 Å². The van der Waals surface area contributed by atoms with Crippen LogP contribution in [0.2, 0.25) is 0 Å². The van der Waals surface area contributed by atoms with Crippen molar-refractivity contribution in [1.82, 2.24) is 9.88 Å². The van der Waals surface area contributed by atoms with Gasteiger partial charge in [-0.1, -0.05) is 11.3 Å². The second kappa shape index (κ2) is 10.1. The fourth-order valence-electron chi connectivity index (χ4n) is 3.57. The Balaban J connectivity index is 1.72. The van der Waals surface area contributed by atoms with E-state index in [2.05, 4.69) is 9.88 Å². The number of methoxy groups -OCH3 is 1. The summed E-state index contributed by atoms with van der Waals surface area (Å²) in [6.07, 6.45) is 0. The van der Waals surface area contributed by atoms with E-state index in [1.807, 2.05) is 0 Å². The van der Waals surface area contributed by atoms with Crippen molar-refractivity contribution >= 4 is 44.0 Å². The second-order valence-corrected chi connectivity index (χ2v) is 8.50. The number of carbonyl (C=O) groups excluding carboxylic acids is 1. The van der Waals surface area contributed by atoms with E-state index in [0.29, 0.717) is 49.2 Å². The summed E-state index contributed by atoms with van der Waals surface area (Å²) in [7, 11) is 1.55. The third-order valence-corrected chi connectivity index (χ3v) is 6.42. The van der Waals surface area contributed by atoms with Gasteiger partial charge in [-0.2, -0.15) is 0 Å². The summed E-state index contributed by atoms with van der Waals surface area (Å²) in [6.45, 7) is 3.36. The van der Waals surface area contributed by atoms with Gasteiger partial charge in [0.25, 0.3) is 17.3 Å². The Hall–Kier alpha value is -3.68. The second-order valence-electron chi connectivity index (χ2n) is 7.49. The van der Waals surface area contributed by atoms with Gasteiger partial charge in [0.05, 0.1) is 52.0 Å². The molecule has 178 valence electrons. The molecule has 2 aromatic carbocycles. The van der Waals surface area contributed by atoms with Gasteiger partial charge >= 0.3 is 0 Å². The number of hydrogen-bond acceptors (Lipinski definition) is 10. The molecule has 4 rings (SSSR count). The van der Waals surface area contributed by atoms with Gasteiger partial charge in [0, 0.05) is 38.3 Å². The Morgan fingerprint density at radius 2 is 1.82 bits per heavy atom. The zero-order chi connectivity index (χ0) is 24.2. The molecule has 0 bridgehead atoms. The molecule has 0 radical (unpaired) electrons. The maximum Gasteiger partial charge on any atom is 0.277 e. The molecule has 13 heteroatoms. The number of hydrogen-bond donors (Lipinski definition) is 0. The number of nitrogens with zero attached hydrogens (tertiary/aromatic N) is 5. The zero-order valence-electron chi connectivity index (χ0n) is 18.2. The number of rotatable bonds is 8. The first-order valence-electron chi connectivity index (χ1n) is 10.4. The van der Waals surface area contributed by atoms with Crippen molar-refractivity contribution in [3.05, 3.63) is 62.2 Å². The summed E-state index contributed by atoms with van der Waals surface area (Å²) in [4.78, 5) is 42.8. The maximum atomic E-state index is 13.5. The predicted octanol–water partition coefficient (Wildman–Crippen LogP) is 3.10. The first-order valence-corrected chi connectivity index (χ1v) is 11.2. The lowest BCUT2D eigenvalue weighted by molar-refractivity contribution is -0.394. The lowest BCUT2D eigenvalue weighted by Crippen LogP contribution is -2.43. The van der Waals surface area contributed by atoms with Gasteiger partial charge < -0.3 is 9.47 Å². The number of aromatic nitrogens is 1. The van der Waals surface area contributed by atoms with Gasteiger partial charge in [-0.15, -0.1) is 0 Å². The summed E-state index contributed by atoms with van der Waals surface area (Å²) in [5.41, 5.74) is -0.547. The van der Waals surface area contributed by atoms with Crippen LogP contribution in [0, 0.1) is 20.2 Å². The SMILES string of the molecule is COc1ccc2nc(N(CCN3CCOCC3)C(=O)c3cc([N+](=O)[O-])cc([N+](=O)[O-])c3)sc2c1. The van der Waals surface area contributed by atoms with Gasteiger partial charge in [-0.25, -0.2) is 4.98 Å². The standard InChI is InChI=1S/C21H21N5O7S/c1-32-17-2-3-18-19(13-17)34-21(22-18)24(5-4-23-6-8-33-9-7-23)20(27)14-10-15(25(28)29)12-16(11-14)26(30)31/h2-3,10-13H,4-9H2,1H3. The summed E-state index contributed by atoms with van der Waals surface area (Å²) in [5.74, 6) is 0.0364. The smallest absolute Gasteiger partial charge is 0.277 e. The molecule has 1 fully saturated rings. The van der Waals surface area contributed by atoms with Crippen molar-refractivity contribution in [3.63, 3.8) is 0 Å². The molecule has 0 spiro atoms. The highest BCUT2D eigenvalue weighted by Crippen LogP contribution is 2.33. The van der Waals surface area contributed by atoms with Gasteiger partial charge in [0.1, 0.15) is 5.75 Å². The average molecular weight is 487 g/mol. The number of amides is 1. The Labute approximate surface area is 197 Å². The molecule has 0 unspecified atom stereocenters. The van der Waals surface area contributed by atoms with Crippen LogP contribution in [-0.4, -0.2) is 72.1 Å². The first-order chi connectivity index (χ1) is 16.4. The molecule has 1 aliphatic heterocycles. The quantitative estimate of drug-likeness (QED) is 0.346. The first kappa shape index (κ1) is 23.5. The molecule has 34 heavy (non-hydrogen) atoms. The lowest BCUT2D eigenvalue weighted by Gasteiger charge is -2.29. The fourth-order valence-corrected chi connectivity index (χ4v) is 4.59. The number of nitro groups is 2. The third-order valence-electron chi connectivity index (χ3n) is 5.38. The van der Waals surface area contributed by atoms with Crippen molar-refractivity contribution in [2.45, 2.75) is 0 Å². The van der Waals surface area contributed by atoms with Crippen LogP contribution in [0.25, 0.3) is 10.2 Å². The molecule has 0 atom stereocenters. The van der Waals surface area contributed by atoms with E-state index >= 15 is 0 Å². The predicted molar refractivity (Wildman–Crippen MR) is 125 cm³/mol. The molecule has 1 saturated heterocycles. The summed E-state index contributed by atoms with van der Waals surface area (Å²) in [6, 6.07) is 8.27.